The highest BCUT2D eigenvalue weighted by atomic mass is 32.2. The van der Waals surface area contributed by atoms with Gasteiger partial charge in [-0.3, -0.25) is 4.79 Å². The first-order valence-corrected chi connectivity index (χ1v) is 10.5. The van der Waals surface area contributed by atoms with E-state index in [4.69, 9.17) is 0 Å². The highest BCUT2D eigenvalue weighted by Crippen LogP contribution is 2.32. The lowest BCUT2D eigenvalue weighted by Crippen LogP contribution is -2.47. The van der Waals surface area contributed by atoms with Crippen molar-refractivity contribution in [1.82, 2.24) is 9.62 Å². The van der Waals surface area contributed by atoms with Crippen LogP contribution < -0.4 is 5.32 Å². The third-order valence-electron chi connectivity index (χ3n) is 4.17. The molecular weight excluding hydrogens is 332 g/mol. The van der Waals surface area contributed by atoms with Crippen molar-refractivity contribution in [3.8, 4) is 0 Å². The summed E-state index contributed by atoms with van der Waals surface area (Å²) in [5.41, 5.74) is 0. The highest BCUT2D eigenvalue weighted by molar-refractivity contribution is 7.89. The summed E-state index contributed by atoms with van der Waals surface area (Å²) in [5.74, 6) is 0.0192. The molecule has 2 rings (SSSR count). The van der Waals surface area contributed by atoms with Crippen LogP contribution in [0.15, 0.2) is 16.3 Å². The average molecular weight is 359 g/mol. The Labute approximate surface area is 143 Å². The number of nitrogens with one attached hydrogen (secondary N) is 1. The maximum Gasteiger partial charge on any atom is 0.262 e. The van der Waals surface area contributed by atoms with Crippen LogP contribution in [0.1, 0.15) is 56.6 Å². The molecular formula is C16H26N2O3S2. The first-order chi connectivity index (χ1) is 10.7. The summed E-state index contributed by atoms with van der Waals surface area (Å²) in [6, 6.07) is 1.49. The van der Waals surface area contributed by atoms with Gasteiger partial charge in [-0.05, 0) is 44.1 Å². The van der Waals surface area contributed by atoms with Crippen LogP contribution in [0.5, 0.6) is 0 Å². The summed E-state index contributed by atoms with van der Waals surface area (Å²) in [5, 5.41) is 4.49. The van der Waals surface area contributed by atoms with Crippen molar-refractivity contribution in [1.29, 1.82) is 0 Å². The Morgan fingerprint density at radius 1 is 1.35 bits per heavy atom. The summed E-state index contributed by atoms with van der Waals surface area (Å²) >= 11 is 1.18. The normalized spacial score (nSPS) is 23.2. The first-order valence-electron chi connectivity index (χ1n) is 8.14. The van der Waals surface area contributed by atoms with E-state index in [0.29, 0.717) is 12.5 Å². The molecule has 1 amide bonds. The largest absolute Gasteiger partial charge is 0.351 e. The third kappa shape index (κ3) is 3.95. The highest BCUT2D eigenvalue weighted by Gasteiger charge is 2.38. The molecule has 130 valence electrons. The van der Waals surface area contributed by atoms with Gasteiger partial charge in [0.2, 0.25) is 10.0 Å². The minimum Gasteiger partial charge on any atom is -0.351 e. The Kier molecular flexibility index (Phi) is 5.86. The Morgan fingerprint density at radius 2 is 1.96 bits per heavy atom. The van der Waals surface area contributed by atoms with Gasteiger partial charge in [0.15, 0.2) is 0 Å². The molecule has 23 heavy (non-hydrogen) atoms. The molecule has 1 aliphatic heterocycles. The molecule has 2 unspecified atom stereocenters. The summed E-state index contributed by atoms with van der Waals surface area (Å²) in [6.45, 7) is 8.43. The molecule has 7 heteroatoms. The average Bonchev–Trinajstić information content (AvgIpc) is 2.94. The number of carbonyl (C=O) groups excluding carboxylic acids is 1. The van der Waals surface area contributed by atoms with Crippen molar-refractivity contribution < 1.29 is 13.2 Å². The van der Waals surface area contributed by atoms with Crippen LogP contribution in [0, 0.1) is 5.92 Å². The van der Waals surface area contributed by atoms with Gasteiger partial charge in [0, 0.05) is 18.6 Å². The zero-order valence-corrected chi connectivity index (χ0v) is 15.8. The van der Waals surface area contributed by atoms with Crippen molar-refractivity contribution in [2.45, 2.75) is 63.9 Å². The number of hydrogen-bond donors (Lipinski definition) is 1. The Balaban J connectivity index is 2.31. The van der Waals surface area contributed by atoms with Crippen molar-refractivity contribution in [2.75, 3.05) is 6.54 Å². The third-order valence-corrected chi connectivity index (χ3v) is 7.39. The number of amides is 1. The molecule has 0 spiro atoms. The van der Waals surface area contributed by atoms with Crippen LogP contribution in [-0.4, -0.2) is 37.3 Å². The van der Waals surface area contributed by atoms with E-state index in [1.807, 2.05) is 27.7 Å². The molecule has 0 radical (unpaired) electrons. The van der Waals surface area contributed by atoms with Gasteiger partial charge in [-0.2, -0.15) is 4.31 Å². The summed E-state index contributed by atoms with van der Waals surface area (Å²) in [4.78, 5) is 12.8. The number of sulfonamides is 1. The van der Waals surface area contributed by atoms with Crippen LogP contribution >= 0.6 is 11.3 Å². The summed E-state index contributed by atoms with van der Waals surface area (Å²) in [6.07, 6.45) is 2.77. The van der Waals surface area contributed by atoms with Gasteiger partial charge in [-0.1, -0.05) is 20.3 Å². The van der Waals surface area contributed by atoms with E-state index >= 15 is 0 Å². The SMILES string of the molecule is CC(C)CNC(=O)c1sccc1S(=O)(=O)N1C(C)CCCC1C. The van der Waals surface area contributed by atoms with E-state index in [0.717, 1.165) is 19.3 Å². The van der Waals surface area contributed by atoms with Gasteiger partial charge in [-0.25, -0.2) is 8.42 Å². The van der Waals surface area contributed by atoms with Crippen LogP contribution in [-0.2, 0) is 10.0 Å². The summed E-state index contributed by atoms with van der Waals surface area (Å²) < 4.78 is 27.8. The fraction of sp³-hybridized carbons (Fsp3) is 0.688. The van der Waals surface area contributed by atoms with Crippen molar-refractivity contribution in [2.24, 2.45) is 5.92 Å². The Morgan fingerprint density at radius 3 is 2.52 bits per heavy atom. The van der Waals surface area contributed by atoms with E-state index in [2.05, 4.69) is 5.32 Å². The molecule has 1 fully saturated rings. The predicted molar refractivity (Wildman–Crippen MR) is 93.3 cm³/mol. The summed E-state index contributed by atoms with van der Waals surface area (Å²) in [7, 11) is -3.65. The van der Waals surface area contributed by atoms with Crippen molar-refractivity contribution >= 4 is 27.3 Å². The van der Waals surface area contributed by atoms with Gasteiger partial charge >= 0.3 is 0 Å². The smallest absolute Gasteiger partial charge is 0.262 e. The second-order valence-electron chi connectivity index (χ2n) is 6.68. The fourth-order valence-corrected chi connectivity index (χ4v) is 6.23. The quantitative estimate of drug-likeness (QED) is 0.879. The molecule has 1 saturated heterocycles. The van der Waals surface area contributed by atoms with Crippen LogP contribution in [0.3, 0.4) is 0 Å². The molecule has 5 nitrogen and oxygen atoms in total. The number of carbonyl (C=O) groups is 1. The lowest BCUT2D eigenvalue weighted by molar-refractivity contribution is 0.0949. The molecule has 2 heterocycles. The Bertz CT molecular complexity index is 642. The molecule has 0 aromatic carbocycles. The molecule has 0 saturated carbocycles. The zero-order valence-electron chi connectivity index (χ0n) is 14.2. The minimum atomic E-state index is -3.65. The molecule has 0 aliphatic carbocycles. The lowest BCUT2D eigenvalue weighted by Gasteiger charge is -2.37. The molecule has 1 aromatic heterocycles. The zero-order chi connectivity index (χ0) is 17.2. The molecule has 1 aliphatic rings. The van der Waals surface area contributed by atoms with Gasteiger partial charge in [-0.15, -0.1) is 11.3 Å². The standard InChI is InChI=1S/C16H26N2O3S2/c1-11(2)10-17-16(19)15-14(8-9-22-15)23(20,21)18-12(3)6-5-7-13(18)4/h8-9,11-13H,5-7,10H2,1-4H3,(H,17,19). The van der Waals surface area contributed by atoms with Crippen molar-refractivity contribution in [3.63, 3.8) is 0 Å². The van der Waals surface area contributed by atoms with E-state index in [9.17, 15) is 13.2 Å². The maximum atomic E-state index is 13.1. The van der Waals surface area contributed by atoms with Crippen LogP contribution in [0.2, 0.25) is 0 Å². The Hall–Kier alpha value is -0.920. The number of rotatable bonds is 5. The number of nitrogens with zero attached hydrogens (tertiary/aromatic N) is 1. The van der Waals surface area contributed by atoms with E-state index in [1.165, 1.54) is 11.3 Å². The number of hydrogen-bond acceptors (Lipinski definition) is 4. The molecule has 2 atom stereocenters. The van der Waals surface area contributed by atoms with Crippen molar-refractivity contribution in [3.05, 3.63) is 16.3 Å². The van der Waals surface area contributed by atoms with Crippen LogP contribution in [0.25, 0.3) is 0 Å². The van der Waals surface area contributed by atoms with Gasteiger partial charge in [0.25, 0.3) is 5.91 Å². The second-order valence-corrected chi connectivity index (χ2v) is 9.41. The van der Waals surface area contributed by atoms with Crippen LogP contribution in [0.4, 0.5) is 0 Å². The molecule has 1 aromatic rings. The number of thiophene rings is 1. The number of piperidine rings is 1. The van der Waals surface area contributed by atoms with E-state index in [-0.39, 0.29) is 27.8 Å². The first kappa shape index (κ1) is 18.4. The fourth-order valence-electron chi connectivity index (χ4n) is 3.03. The minimum absolute atomic E-state index is 0.0322. The topological polar surface area (TPSA) is 66.5 Å². The molecule has 1 N–H and O–H groups in total. The van der Waals surface area contributed by atoms with Gasteiger partial charge in [0.1, 0.15) is 9.77 Å². The lowest BCUT2D eigenvalue weighted by atomic mass is 10.0. The van der Waals surface area contributed by atoms with E-state index < -0.39 is 10.0 Å². The molecule has 0 bridgehead atoms. The second kappa shape index (κ2) is 7.32. The van der Waals surface area contributed by atoms with E-state index in [1.54, 1.807) is 15.8 Å². The van der Waals surface area contributed by atoms with Gasteiger partial charge < -0.3 is 5.32 Å². The maximum absolute atomic E-state index is 13.1. The monoisotopic (exact) mass is 358 g/mol. The predicted octanol–water partition coefficient (Wildman–Crippen LogP) is 3.09. The van der Waals surface area contributed by atoms with Gasteiger partial charge in [0.05, 0.1) is 0 Å².